The van der Waals surface area contributed by atoms with Crippen LogP contribution in [0.5, 0.6) is 0 Å². The van der Waals surface area contributed by atoms with Crippen LogP contribution in [0.4, 0.5) is 0 Å². The molecule has 12 rings (SSSR count). The highest BCUT2D eigenvalue weighted by Gasteiger charge is 2.21. The molecule has 12 aromatic rings. The van der Waals surface area contributed by atoms with Gasteiger partial charge in [-0.2, -0.15) is 0 Å². The van der Waals surface area contributed by atoms with Crippen LogP contribution in [0.25, 0.3) is 110 Å². The van der Waals surface area contributed by atoms with Gasteiger partial charge in [0.05, 0.1) is 33.3 Å². The number of aromatic nitrogens is 4. The fourth-order valence-electron chi connectivity index (χ4n) is 8.98. The van der Waals surface area contributed by atoms with Gasteiger partial charge in [-0.05, 0) is 69.1 Å². The predicted octanol–water partition coefficient (Wildman–Crippen LogP) is 13.5. The molecule has 0 amide bonds. The van der Waals surface area contributed by atoms with Crippen LogP contribution in [-0.4, -0.2) is 19.1 Å². The number of hydrogen-bond donors (Lipinski definition) is 0. The summed E-state index contributed by atoms with van der Waals surface area (Å²) in [5.41, 5.74) is 10.8. The Hall–Kier alpha value is -7.56. The summed E-state index contributed by atoms with van der Waals surface area (Å²) in [5.74, 6) is 0.645. The van der Waals surface area contributed by atoms with E-state index in [0.717, 1.165) is 44.3 Å². The highest BCUT2D eigenvalue weighted by molar-refractivity contribution is 6.23. The molecule has 0 aliphatic heterocycles. The molecule has 0 bridgehead atoms. The first-order chi connectivity index (χ1) is 27.8. The van der Waals surface area contributed by atoms with Crippen LogP contribution in [0.15, 0.2) is 194 Å². The number of benzene rings is 9. The van der Waals surface area contributed by atoms with Crippen LogP contribution < -0.4 is 0 Å². The van der Waals surface area contributed by atoms with Gasteiger partial charge < -0.3 is 4.57 Å². The van der Waals surface area contributed by atoms with Gasteiger partial charge in [0.15, 0.2) is 0 Å². The minimum atomic E-state index is 0.645. The highest BCUT2D eigenvalue weighted by Crippen LogP contribution is 2.41. The second kappa shape index (κ2) is 12.0. The second-order valence-electron chi connectivity index (χ2n) is 14.6. The molecule has 0 unspecified atom stereocenters. The largest absolute Gasteiger partial charge is 0.309 e. The number of para-hydroxylation sites is 2. The van der Waals surface area contributed by atoms with Gasteiger partial charge in [0, 0.05) is 38.2 Å². The van der Waals surface area contributed by atoms with Crippen molar-refractivity contribution >= 4 is 76.1 Å². The summed E-state index contributed by atoms with van der Waals surface area (Å²) < 4.78 is 4.69. The SMILES string of the molecule is c1ccc(-c2ccc(-c3nc(-n4c5cc(-n6c7ccccc7c7c8ccccc8ccc76)ccc5c5c6ccccc6ccc54)nc4ccccc34)cc2)cc1. The molecule has 0 N–H and O–H groups in total. The molecule has 3 aromatic heterocycles. The van der Waals surface area contributed by atoms with Crippen LogP contribution in [0.3, 0.4) is 0 Å². The van der Waals surface area contributed by atoms with Gasteiger partial charge in [0.25, 0.3) is 0 Å². The van der Waals surface area contributed by atoms with E-state index in [-0.39, 0.29) is 0 Å². The van der Waals surface area contributed by atoms with E-state index in [1.165, 1.54) is 59.9 Å². The first-order valence-electron chi connectivity index (χ1n) is 19.1. The first kappa shape index (κ1) is 30.9. The lowest BCUT2D eigenvalue weighted by atomic mass is 10.0. The maximum absolute atomic E-state index is 5.47. The second-order valence-corrected chi connectivity index (χ2v) is 14.6. The maximum atomic E-state index is 5.47. The van der Waals surface area contributed by atoms with Crippen LogP contribution in [-0.2, 0) is 0 Å². The lowest BCUT2D eigenvalue weighted by Crippen LogP contribution is -2.04. The maximum Gasteiger partial charge on any atom is 0.235 e. The zero-order valence-corrected chi connectivity index (χ0v) is 30.3. The van der Waals surface area contributed by atoms with Crippen molar-refractivity contribution < 1.29 is 0 Å². The molecular formula is C52H32N4. The Morgan fingerprint density at radius 2 is 0.875 bits per heavy atom. The van der Waals surface area contributed by atoms with E-state index in [2.05, 4.69) is 203 Å². The Labute approximate surface area is 322 Å². The highest BCUT2D eigenvalue weighted by atomic mass is 15.2. The molecular weight excluding hydrogens is 681 g/mol. The Bertz CT molecular complexity index is 3520. The van der Waals surface area contributed by atoms with Crippen molar-refractivity contribution in [3.63, 3.8) is 0 Å². The number of nitrogens with zero attached hydrogens (tertiary/aromatic N) is 4. The van der Waals surface area contributed by atoms with Crippen molar-refractivity contribution in [3.05, 3.63) is 194 Å². The van der Waals surface area contributed by atoms with E-state index in [0.29, 0.717) is 5.95 Å². The molecule has 4 nitrogen and oxygen atoms in total. The molecule has 0 radical (unpaired) electrons. The van der Waals surface area contributed by atoms with Gasteiger partial charge >= 0.3 is 0 Å². The summed E-state index contributed by atoms with van der Waals surface area (Å²) in [7, 11) is 0. The van der Waals surface area contributed by atoms with Crippen molar-refractivity contribution in [1.29, 1.82) is 0 Å². The molecule has 0 saturated heterocycles. The van der Waals surface area contributed by atoms with Crippen molar-refractivity contribution in [2.24, 2.45) is 0 Å². The summed E-state index contributed by atoms with van der Waals surface area (Å²) in [6.45, 7) is 0. The van der Waals surface area contributed by atoms with Crippen LogP contribution >= 0.6 is 0 Å². The standard InChI is InChI=1S/C52H32N4/c1-2-12-33(13-3-1)34-22-24-37(25-23-34)51-41-18-8-10-20-44(41)53-52(54-51)56-47-31-27-36-15-5-7-17-40(36)50(47)43-29-28-38(32-48(43)56)55-45-21-11-9-19-42(45)49-39-16-6-4-14-35(39)26-30-46(49)55/h1-32H. The third-order valence-corrected chi connectivity index (χ3v) is 11.5. The van der Waals surface area contributed by atoms with Crippen LogP contribution in [0.2, 0.25) is 0 Å². The van der Waals surface area contributed by atoms with Gasteiger partial charge in [-0.15, -0.1) is 0 Å². The molecule has 0 saturated carbocycles. The summed E-state index contributed by atoms with van der Waals surface area (Å²) in [6, 6.07) is 69.6. The van der Waals surface area contributed by atoms with E-state index in [1.807, 2.05) is 0 Å². The summed E-state index contributed by atoms with van der Waals surface area (Å²) in [4.78, 5) is 10.8. The molecule has 9 aromatic carbocycles. The van der Waals surface area contributed by atoms with E-state index >= 15 is 0 Å². The normalized spacial score (nSPS) is 11.9. The molecule has 260 valence electrons. The molecule has 0 aliphatic rings. The summed E-state index contributed by atoms with van der Waals surface area (Å²) in [6.07, 6.45) is 0. The monoisotopic (exact) mass is 712 g/mol. The average molecular weight is 713 g/mol. The third-order valence-electron chi connectivity index (χ3n) is 11.5. The fraction of sp³-hybridized carbons (Fsp3) is 0. The van der Waals surface area contributed by atoms with Crippen molar-refractivity contribution in [3.8, 4) is 34.0 Å². The quantitative estimate of drug-likeness (QED) is 0.182. The Morgan fingerprint density at radius 1 is 0.321 bits per heavy atom. The van der Waals surface area contributed by atoms with Gasteiger partial charge in [0.2, 0.25) is 5.95 Å². The number of fused-ring (bicyclic) bond motifs is 11. The van der Waals surface area contributed by atoms with E-state index in [9.17, 15) is 0 Å². The Balaban J connectivity index is 1.15. The third kappa shape index (κ3) is 4.53. The minimum absolute atomic E-state index is 0.645. The fourth-order valence-corrected chi connectivity index (χ4v) is 8.98. The molecule has 3 heterocycles. The van der Waals surface area contributed by atoms with E-state index in [1.54, 1.807) is 0 Å². The Morgan fingerprint density at radius 3 is 1.61 bits per heavy atom. The zero-order chi connectivity index (χ0) is 36.7. The number of hydrogen-bond acceptors (Lipinski definition) is 2. The molecule has 0 spiro atoms. The minimum Gasteiger partial charge on any atom is -0.309 e. The lowest BCUT2D eigenvalue weighted by molar-refractivity contribution is 1.01. The molecule has 56 heavy (non-hydrogen) atoms. The first-order valence-corrected chi connectivity index (χ1v) is 19.1. The zero-order valence-electron chi connectivity index (χ0n) is 30.3. The molecule has 4 heteroatoms. The van der Waals surface area contributed by atoms with Gasteiger partial charge in [-0.3, -0.25) is 4.57 Å². The van der Waals surface area contributed by atoms with Crippen molar-refractivity contribution in [2.75, 3.05) is 0 Å². The average Bonchev–Trinajstić information content (AvgIpc) is 3.79. The summed E-state index contributed by atoms with van der Waals surface area (Å²) in [5, 5.41) is 10.8. The van der Waals surface area contributed by atoms with Crippen molar-refractivity contribution in [1.82, 2.24) is 19.1 Å². The lowest BCUT2D eigenvalue weighted by Gasteiger charge is -2.13. The van der Waals surface area contributed by atoms with E-state index in [4.69, 9.17) is 9.97 Å². The van der Waals surface area contributed by atoms with Crippen molar-refractivity contribution in [2.45, 2.75) is 0 Å². The van der Waals surface area contributed by atoms with Gasteiger partial charge in [-0.1, -0.05) is 158 Å². The topological polar surface area (TPSA) is 35.6 Å². The van der Waals surface area contributed by atoms with Crippen LogP contribution in [0.1, 0.15) is 0 Å². The predicted molar refractivity (Wildman–Crippen MR) is 234 cm³/mol. The van der Waals surface area contributed by atoms with Gasteiger partial charge in [-0.25, -0.2) is 9.97 Å². The van der Waals surface area contributed by atoms with Crippen LogP contribution in [0, 0.1) is 0 Å². The molecule has 0 atom stereocenters. The van der Waals surface area contributed by atoms with Gasteiger partial charge in [0.1, 0.15) is 0 Å². The number of rotatable bonds is 4. The Kier molecular flexibility index (Phi) is 6.60. The molecule has 0 aliphatic carbocycles. The smallest absolute Gasteiger partial charge is 0.235 e. The van der Waals surface area contributed by atoms with E-state index < -0.39 is 0 Å². The molecule has 0 fully saturated rings. The summed E-state index contributed by atoms with van der Waals surface area (Å²) >= 11 is 0.